The van der Waals surface area contributed by atoms with Crippen molar-refractivity contribution in [2.75, 3.05) is 0 Å². The van der Waals surface area contributed by atoms with E-state index in [1.54, 1.807) is 0 Å². The van der Waals surface area contributed by atoms with Crippen LogP contribution in [0.25, 0.3) is 0 Å². The van der Waals surface area contributed by atoms with Crippen molar-refractivity contribution in [3.63, 3.8) is 0 Å². The van der Waals surface area contributed by atoms with E-state index in [0.717, 1.165) is 11.8 Å². The molecule has 0 aromatic carbocycles. The molecule has 1 unspecified atom stereocenters. The van der Waals surface area contributed by atoms with Crippen LogP contribution in [-0.2, 0) is 0 Å². The van der Waals surface area contributed by atoms with Gasteiger partial charge in [-0.3, -0.25) is 0 Å². The van der Waals surface area contributed by atoms with Crippen LogP contribution < -0.4 is 0 Å². The monoisotopic (exact) mass is 236 g/mol. The molecular weight excluding hydrogens is 208 g/mol. The van der Waals surface area contributed by atoms with Gasteiger partial charge in [0.15, 0.2) is 0 Å². The highest BCUT2D eigenvalue weighted by molar-refractivity contribution is 5.25. The molecule has 0 aliphatic heterocycles. The summed E-state index contributed by atoms with van der Waals surface area (Å²) in [5, 5.41) is 11.3. The molecule has 0 aromatic heterocycles. The molecule has 3 fully saturated rings. The van der Waals surface area contributed by atoms with Gasteiger partial charge in [0.1, 0.15) is 0 Å². The molecule has 98 valence electrons. The fourth-order valence-electron chi connectivity index (χ4n) is 6.49. The summed E-state index contributed by atoms with van der Waals surface area (Å²) in [7, 11) is 0. The summed E-state index contributed by atoms with van der Waals surface area (Å²) in [6, 6.07) is 0. The summed E-state index contributed by atoms with van der Waals surface area (Å²) in [4.78, 5) is 0. The van der Waals surface area contributed by atoms with Crippen LogP contribution in [0.5, 0.6) is 0 Å². The maximum absolute atomic E-state index is 11.3. The lowest BCUT2D eigenvalue weighted by molar-refractivity contribution is -0.137. The lowest BCUT2D eigenvalue weighted by Crippen LogP contribution is -2.53. The Hall–Kier alpha value is -0.0400. The van der Waals surface area contributed by atoms with E-state index in [-0.39, 0.29) is 10.8 Å². The fourth-order valence-corrected chi connectivity index (χ4v) is 6.49. The van der Waals surface area contributed by atoms with Crippen molar-refractivity contribution in [1.29, 1.82) is 0 Å². The molecule has 3 saturated carbocycles. The van der Waals surface area contributed by atoms with Crippen LogP contribution >= 0.6 is 0 Å². The number of hydrogen-bond acceptors (Lipinski definition) is 1. The average Bonchev–Trinajstić information content (AvgIpc) is 2.69. The largest absolute Gasteiger partial charge is 0.389 e. The molecule has 0 radical (unpaired) electrons. The van der Waals surface area contributed by atoms with Gasteiger partial charge < -0.3 is 5.11 Å². The molecule has 17 heavy (non-hydrogen) atoms. The molecule has 0 bridgehead atoms. The molecule has 0 aromatic rings. The summed E-state index contributed by atoms with van der Waals surface area (Å²) < 4.78 is 0. The van der Waals surface area contributed by atoms with Gasteiger partial charge in [-0.05, 0) is 61.7 Å². The second kappa shape index (κ2) is 2.92. The normalized spacial score (nSPS) is 60.4. The minimum Gasteiger partial charge on any atom is -0.389 e. The number of aliphatic hydroxyl groups is 1. The van der Waals surface area contributed by atoms with E-state index >= 15 is 0 Å². The standard InChI is InChI=1S/C16H28O/c1-11-6-9-16-12(11)7-8-14(16,4)10-13(2,3)15(16,5)17/h11-12,17H,6-10H2,1-5H3/t11-,12?,14+,15+,16+/m0/s1. The second-order valence-electron chi connectivity index (χ2n) is 8.33. The van der Waals surface area contributed by atoms with E-state index in [9.17, 15) is 5.11 Å². The van der Waals surface area contributed by atoms with Gasteiger partial charge in [-0.15, -0.1) is 0 Å². The second-order valence-corrected chi connectivity index (χ2v) is 8.33. The molecule has 1 nitrogen and oxygen atoms in total. The predicted molar refractivity (Wildman–Crippen MR) is 70.7 cm³/mol. The first kappa shape index (κ1) is 12.0. The van der Waals surface area contributed by atoms with Gasteiger partial charge in [-0.1, -0.05) is 27.7 Å². The highest BCUT2D eigenvalue weighted by atomic mass is 16.3. The average molecular weight is 236 g/mol. The Morgan fingerprint density at radius 2 is 1.65 bits per heavy atom. The third-order valence-corrected chi connectivity index (χ3v) is 7.42. The van der Waals surface area contributed by atoms with Crippen LogP contribution in [0.15, 0.2) is 0 Å². The summed E-state index contributed by atoms with van der Waals surface area (Å²) in [6.45, 7) is 11.6. The van der Waals surface area contributed by atoms with Crippen molar-refractivity contribution in [2.45, 2.75) is 72.3 Å². The third kappa shape index (κ3) is 1.03. The Labute approximate surface area is 106 Å². The van der Waals surface area contributed by atoms with Crippen molar-refractivity contribution < 1.29 is 5.11 Å². The van der Waals surface area contributed by atoms with Crippen LogP contribution in [0, 0.1) is 28.1 Å². The molecular formula is C16H28O. The SMILES string of the molecule is C[C@H]1CC[C@@]23C1CC[C@]2(C)CC(C)(C)[C@@]3(C)O. The van der Waals surface area contributed by atoms with Crippen LogP contribution in [0.3, 0.4) is 0 Å². The zero-order valence-electron chi connectivity index (χ0n) is 12.1. The van der Waals surface area contributed by atoms with Gasteiger partial charge in [0.25, 0.3) is 0 Å². The quantitative estimate of drug-likeness (QED) is 0.674. The fraction of sp³-hybridized carbons (Fsp3) is 1.00. The maximum atomic E-state index is 11.3. The Morgan fingerprint density at radius 3 is 2.29 bits per heavy atom. The van der Waals surface area contributed by atoms with Gasteiger partial charge in [0.2, 0.25) is 0 Å². The van der Waals surface area contributed by atoms with Gasteiger partial charge in [0.05, 0.1) is 5.60 Å². The Kier molecular flexibility index (Phi) is 2.07. The van der Waals surface area contributed by atoms with E-state index in [2.05, 4.69) is 34.6 Å². The van der Waals surface area contributed by atoms with Gasteiger partial charge in [0, 0.05) is 5.41 Å². The molecule has 0 heterocycles. The van der Waals surface area contributed by atoms with E-state index < -0.39 is 5.60 Å². The molecule has 1 N–H and O–H groups in total. The topological polar surface area (TPSA) is 20.2 Å². The highest BCUT2D eigenvalue weighted by Gasteiger charge is 2.76. The van der Waals surface area contributed by atoms with Gasteiger partial charge in [-0.25, -0.2) is 0 Å². The smallest absolute Gasteiger partial charge is 0.0734 e. The Bertz CT molecular complexity index is 357. The lowest BCUT2D eigenvalue weighted by atomic mass is 9.59. The predicted octanol–water partition coefficient (Wildman–Crippen LogP) is 4.00. The summed E-state index contributed by atoms with van der Waals surface area (Å²) in [5.74, 6) is 1.58. The van der Waals surface area contributed by atoms with Gasteiger partial charge in [-0.2, -0.15) is 0 Å². The van der Waals surface area contributed by atoms with E-state index in [1.807, 2.05) is 0 Å². The first-order chi connectivity index (χ1) is 7.68. The molecule has 3 aliphatic carbocycles. The van der Waals surface area contributed by atoms with Crippen molar-refractivity contribution >= 4 is 0 Å². The molecule has 1 heteroatoms. The molecule has 3 aliphatic rings. The summed E-state index contributed by atoms with van der Waals surface area (Å²) in [6.07, 6.45) is 6.47. The van der Waals surface area contributed by atoms with Crippen molar-refractivity contribution in [3.8, 4) is 0 Å². The molecule has 3 rings (SSSR count). The number of rotatable bonds is 0. The lowest BCUT2D eigenvalue weighted by Gasteiger charge is -2.49. The number of hydrogen-bond donors (Lipinski definition) is 1. The van der Waals surface area contributed by atoms with Crippen LogP contribution in [0.1, 0.15) is 66.7 Å². The molecule has 0 saturated heterocycles. The van der Waals surface area contributed by atoms with Crippen molar-refractivity contribution in [2.24, 2.45) is 28.1 Å². The molecule has 5 atom stereocenters. The van der Waals surface area contributed by atoms with Crippen LogP contribution in [-0.4, -0.2) is 10.7 Å². The van der Waals surface area contributed by atoms with E-state index in [0.29, 0.717) is 5.41 Å². The Morgan fingerprint density at radius 1 is 1.00 bits per heavy atom. The first-order valence-electron chi connectivity index (χ1n) is 7.40. The Balaban J connectivity index is 2.18. The zero-order chi connectivity index (χ0) is 12.7. The first-order valence-corrected chi connectivity index (χ1v) is 7.40. The molecule has 1 spiro atoms. The van der Waals surface area contributed by atoms with Crippen molar-refractivity contribution in [1.82, 2.24) is 0 Å². The van der Waals surface area contributed by atoms with E-state index in [1.165, 1.54) is 32.1 Å². The van der Waals surface area contributed by atoms with Crippen molar-refractivity contribution in [3.05, 3.63) is 0 Å². The third-order valence-electron chi connectivity index (χ3n) is 7.42. The maximum Gasteiger partial charge on any atom is 0.0734 e. The minimum absolute atomic E-state index is 0.0739. The highest BCUT2D eigenvalue weighted by Crippen LogP contribution is 2.79. The van der Waals surface area contributed by atoms with Crippen LogP contribution in [0.4, 0.5) is 0 Å². The molecule has 0 amide bonds. The minimum atomic E-state index is -0.485. The van der Waals surface area contributed by atoms with E-state index in [4.69, 9.17) is 0 Å². The summed E-state index contributed by atoms with van der Waals surface area (Å²) in [5.41, 5.74) is 0.184. The van der Waals surface area contributed by atoms with Crippen LogP contribution in [0.2, 0.25) is 0 Å². The summed E-state index contributed by atoms with van der Waals surface area (Å²) >= 11 is 0. The van der Waals surface area contributed by atoms with Gasteiger partial charge >= 0.3 is 0 Å². The zero-order valence-corrected chi connectivity index (χ0v) is 12.1.